The summed E-state index contributed by atoms with van der Waals surface area (Å²) in [7, 11) is -2.41. The van der Waals surface area contributed by atoms with Crippen LogP contribution in [0.4, 0.5) is 0 Å². The van der Waals surface area contributed by atoms with E-state index in [9.17, 15) is 4.79 Å². The Morgan fingerprint density at radius 1 is 0.703 bits per heavy atom. The molecule has 0 aliphatic rings. The molecule has 1 N–H and O–H groups in total. The van der Waals surface area contributed by atoms with Gasteiger partial charge in [-0.05, 0) is 12.1 Å². The van der Waals surface area contributed by atoms with E-state index in [2.05, 4.69) is 82.9 Å². The fraction of sp³-hybridized carbons (Fsp3) is 0.0333. The summed E-state index contributed by atoms with van der Waals surface area (Å²) in [6.45, 7) is 0.248. The van der Waals surface area contributed by atoms with Crippen LogP contribution in [0.5, 0.6) is 0 Å². The lowest BCUT2D eigenvalue weighted by Crippen LogP contribution is -2.25. The van der Waals surface area contributed by atoms with Gasteiger partial charge in [0, 0.05) is 15.9 Å². The van der Waals surface area contributed by atoms with Gasteiger partial charge < -0.3 is 4.98 Å². The Bertz CT molecular complexity index is 1660. The molecule has 0 unspecified atom stereocenters. The van der Waals surface area contributed by atoms with Crippen molar-refractivity contribution in [3.8, 4) is 5.69 Å². The van der Waals surface area contributed by atoms with Gasteiger partial charge in [-0.3, -0.25) is 9.54 Å². The molecular formula is C30H24N5OP. The van der Waals surface area contributed by atoms with Crippen LogP contribution in [0.2, 0.25) is 0 Å². The van der Waals surface area contributed by atoms with Gasteiger partial charge in [-0.2, -0.15) is 5.10 Å². The molecule has 0 aliphatic carbocycles. The Balaban J connectivity index is 1.57. The van der Waals surface area contributed by atoms with Crippen molar-refractivity contribution in [2.24, 2.45) is 4.74 Å². The number of hydrogen-bond acceptors (Lipinski definition) is 4. The van der Waals surface area contributed by atoms with Crippen LogP contribution in [0, 0.1) is 0 Å². The number of nitrogens with zero attached hydrogens (tertiary/aromatic N) is 4. The normalized spacial score (nSPS) is 11.5. The van der Waals surface area contributed by atoms with Crippen LogP contribution in [0.3, 0.4) is 0 Å². The van der Waals surface area contributed by atoms with E-state index in [-0.39, 0.29) is 12.1 Å². The lowest BCUT2D eigenvalue weighted by atomic mass is 10.3. The molecule has 0 atom stereocenters. The van der Waals surface area contributed by atoms with Crippen molar-refractivity contribution in [1.29, 1.82) is 0 Å². The van der Waals surface area contributed by atoms with Gasteiger partial charge >= 0.3 is 0 Å². The van der Waals surface area contributed by atoms with Crippen LogP contribution in [-0.4, -0.2) is 19.7 Å². The first kappa shape index (κ1) is 22.9. The van der Waals surface area contributed by atoms with E-state index in [1.165, 1.54) is 0 Å². The second-order valence-electron chi connectivity index (χ2n) is 8.58. The molecular weight excluding hydrogens is 477 g/mol. The number of aromatic amines is 1. The zero-order valence-corrected chi connectivity index (χ0v) is 20.9. The van der Waals surface area contributed by atoms with Crippen LogP contribution in [0.25, 0.3) is 16.7 Å². The highest BCUT2D eigenvalue weighted by Gasteiger charge is 2.27. The van der Waals surface area contributed by atoms with Crippen molar-refractivity contribution in [2.75, 3.05) is 0 Å². The van der Waals surface area contributed by atoms with Crippen LogP contribution in [0.15, 0.2) is 137 Å². The average Bonchev–Trinajstić information content (AvgIpc) is 3.40. The van der Waals surface area contributed by atoms with Crippen molar-refractivity contribution < 1.29 is 0 Å². The van der Waals surface area contributed by atoms with Gasteiger partial charge in [0.1, 0.15) is 11.2 Å². The molecule has 180 valence electrons. The van der Waals surface area contributed by atoms with E-state index < -0.39 is 7.05 Å². The van der Waals surface area contributed by atoms with Crippen LogP contribution < -0.4 is 21.5 Å². The number of para-hydroxylation sites is 1. The van der Waals surface area contributed by atoms with E-state index in [1.54, 1.807) is 10.9 Å². The Kier molecular flexibility index (Phi) is 6.09. The third-order valence-corrected chi connectivity index (χ3v) is 10.0. The largest absolute Gasteiger partial charge is 0.308 e. The number of H-pyrrole nitrogens is 1. The first-order valence-corrected chi connectivity index (χ1v) is 13.8. The molecule has 0 saturated carbocycles. The third kappa shape index (κ3) is 4.22. The quantitative estimate of drug-likeness (QED) is 0.334. The van der Waals surface area contributed by atoms with Crippen LogP contribution >= 0.6 is 7.05 Å². The molecule has 0 amide bonds. The van der Waals surface area contributed by atoms with E-state index in [4.69, 9.17) is 9.73 Å². The standard InChI is InChI=1S/C30H24N5OP/c36-30-27-21-31-35(23-13-5-1-6-14-23)29(27)33-28(34-30)22-32-37(24-15-7-2-8-16-24,25-17-9-3-10-18-25)26-19-11-4-12-20-26/h1-21H,22H2,(H,33,34,36). The molecule has 0 spiro atoms. The molecule has 0 fully saturated rings. The summed E-state index contributed by atoms with van der Waals surface area (Å²) < 4.78 is 7.12. The predicted molar refractivity (Wildman–Crippen MR) is 151 cm³/mol. The third-order valence-electron chi connectivity index (χ3n) is 6.31. The lowest BCUT2D eigenvalue weighted by molar-refractivity contribution is 0.867. The van der Waals surface area contributed by atoms with Crippen LogP contribution in [0.1, 0.15) is 5.82 Å². The predicted octanol–water partition coefficient (Wildman–Crippen LogP) is 4.79. The monoisotopic (exact) mass is 501 g/mol. The maximum absolute atomic E-state index is 13.0. The van der Waals surface area contributed by atoms with Crippen molar-refractivity contribution in [3.63, 3.8) is 0 Å². The van der Waals surface area contributed by atoms with Gasteiger partial charge in [-0.1, -0.05) is 109 Å². The fourth-order valence-corrected chi connectivity index (χ4v) is 8.13. The Morgan fingerprint density at radius 2 is 1.19 bits per heavy atom. The van der Waals surface area contributed by atoms with E-state index >= 15 is 0 Å². The molecule has 6 aromatic rings. The molecule has 7 heteroatoms. The average molecular weight is 502 g/mol. The first-order chi connectivity index (χ1) is 18.3. The summed E-state index contributed by atoms with van der Waals surface area (Å²) in [5.74, 6) is 0.502. The second kappa shape index (κ2) is 9.84. The summed E-state index contributed by atoms with van der Waals surface area (Å²) in [4.78, 5) is 20.8. The van der Waals surface area contributed by atoms with Gasteiger partial charge in [0.15, 0.2) is 5.65 Å². The summed E-state index contributed by atoms with van der Waals surface area (Å²) >= 11 is 0. The molecule has 0 saturated heterocycles. The minimum atomic E-state index is -2.41. The summed E-state index contributed by atoms with van der Waals surface area (Å²) in [6.07, 6.45) is 1.56. The van der Waals surface area contributed by atoms with Crippen molar-refractivity contribution >= 4 is 34.0 Å². The Labute approximate surface area is 214 Å². The first-order valence-electron chi connectivity index (χ1n) is 12.0. The smallest absolute Gasteiger partial charge is 0.262 e. The fourth-order valence-electron chi connectivity index (χ4n) is 4.59. The number of rotatable bonds is 6. The van der Waals surface area contributed by atoms with Crippen molar-refractivity contribution in [1.82, 2.24) is 19.7 Å². The highest BCUT2D eigenvalue weighted by Crippen LogP contribution is 2.46. The van der Waals surface area contributed by atoms with Crippen molar-refractivity contribution in [3.05, 3.63) is 144 Å². The van der Waals surface area contributed by atoms with E-state index in [0.717, 1.165) is 21.6 Å². The van der Waals surface area contributed by atoms with Gasteiger partial charge in [0.05, 0.1) is 25.5 Å². The highest BCUT2D eigenvalue weighted by molar-refractivity contribution is 7.87. The summed E-state index contributed by atoms with van der Waals surface area (Å²) in [6, 6.07) is 40.9. The zero-order valence-electron chi connectivity index (χ0n) is 20.0. The highest BCUT2D eigenvalue weighted by atomic mass is 31.2. The number of nitrogens with one attached hydrogen (secondary N) is 1. The van der Waals surface area contributed by atoms with Crippen LogP contribution in [-0.2, 0) is 6.54 Å². The summed E-state index contributed by atoms with van der Waals surface area (Å²) in [5, 5.41) is 8.31. The van der Waals surface area contributed by atoms with E-state index in [0.29, 0.717) is 16.9 Å². The maximum atomic E-state index is 13.0. The lowest BCUT2D eigenvalue weighted by Gasteiger charge is -2.27. The summed E-state index contributed by atoms with van der Waals surface area (Å²) in [5.41, 5.74) is 1.14. The van der Waals surface area contributed by atoms with Gasteiger partial charge in [-0.25, -0.2) is 9.67 Å². The zero-order chi connectivity index (χ0) is 25.1. The molecule has 0 bridgehead atoms. The maximum Gasteiger partial charge on any atom is 0.262 e. The van der Waals surface area contributed by atoms with Gasteiger partial charge in [-0.15, -0.1) is 0 Å². The van der Waals surface area contributed by atoms with Gasteiger partial charge in [0.25, 0.3) is 5.56 Å². The molecule has 0 radical (unpaired) electrons. The minimum Gasteiger partial charge on any atom is -0.308 e. The Hall–Kier alpha value is -4.54. The molecule has 2 aromatic heterocycles. The Morgan fingerprint density at radius 3 is 1.70 bits per heavy atom. The number of aromatic nitrogens is 4. The molecule has 6 nitrogen and oxygen atoms in total. The molecule has 0 aliphatic heterocycles. The molecule has 6 rings (SSSR count). The molecule has 37 heavy (non-hydrogen) atoms. The number of hydrogen-bond donors (Lipinski definition) is 1. The topological polar surface area (TPSA) is 75.9 Å². The van der Waals surface area contributed by atoms with Gasteiger partial charge in [0.2, 0.25) is 0 Å². The number of fused-ring (bicyclic) bond motifs is 1. The second-order valence-corrected chi connectivity index (χ2v) is 11.7. The van der Waals surface area contributed by atoms with E-state index in [1.807, 2.05) is 48.5 Å². The molecule has 2 heterocycles. The SMILES string of the molecule is O=c1[nH]c(CN=P(c2ccccc2)(c2ccccc2)c2ccccc2)nc2c1cnn2-c1ccccc1. The minimum absolute atomic E-state index is 0.222. The van der Waals surface area contributed by atoms with Crippen molar-refractivity contribution in [2.45, 2.75) is 6.54 Å². The molecule has 4 aromatic carbocycles. The number of benzene rings is 4.